The fourth-order valence-corrected chi connectivity index (χ4v) is 5.02. The zero-order valence-corrected chi connectivity index (χ0v) is 20.6. The maximum atomic E-state index is 13.4. The molecule has 1 amide bonds. The van der Waals surface area contributed by atoms with Gasteiger partial charge >= 0.3 is 0 Å². The molecule has 0 aromatic heterocycles. The Kier molecular flexibility index (Phi) is 6.79. The second kappa shape index (κ2) is 10.2. The van der Waals surface area contributed by atoms with E-state index < -0.39 is 17.7 Å². The lowest BCUT2D eigenvalue weighted by Gasteiger charge is -2.28. The molecule has 5 rings (SSSR count). The van der Waals surface area contributed by atoms with E-state index in [0.717, 1.165) is 29.2 Å². The van der Waals surface area contributed by atoms with Crippen LogP contribution in [0.3, 0.4) is 0 Å². The molecule has 6 heteroatoms. The van der Waals surface area contributed by atoms with Crippen LogP contribution in [0.25, 0.3) is 16.5 Å². The van der Waals surface area contributed by atoms with Gasteiger partial charge in [-0.1, -0.05) is 56.3 Å². The Bertz CT molecular complexity index is 1300. The Labute approximate surface area is 211 Å². The number of ether oxygens (including phenoxy) is 2. The number of ketones is 1. The minimum Gasteiger partial charge on any atom is -0.507 e. The predicted molar refractivity (Wildman–Crippen MR) is 139 cm³/mol. The first-order valence-electron chi connectivity index (χ1n) is 12.5. The second-order valence-electron chi connectivity index (χ2n) is 9.88. The number of nitrogens with zero attached hydrogens (tertiary/aromatic N) is 1. The smallest absolute Gasteiger partial charge is 0.295 e. The molecule has 0 spiro atoms. The van der Waals surface area contributed by atoms with Crippen molar-refractivity contribution in [1.82, 2.24) is 4.90 Å². The van der Waals surface area contributed by atoms with Gasteiger partial charge in [0, 0.05) is 18.7 Å². The molecule has 0 aliphatic carbocycles. The van der Waals surface area contributed by atoms with Crippen LogP contribution in [0.15, 0.2) is 72.3 Å². The molecular formula is C30H31NO5. The van der Waals surface area contributed by atoms with Gasteiger partial charge in [0.05, 0.1) is 24.3 Å². The average molecular weight is 486 g/mol. The lowest BCUT2D eigenvalue weighted by molar-refractivity contribution is -0.140. The van der Waals surface area contributed by atoms with E-state index in [0.29, 0.717) is 37.0 Å². The first kappa shape index (κ1) is 24.1. The third-order valence-corrected chi connectivity index (χ3v) is 6.79. The van der Waals surface area contributed by atoms with Crippen LogP contribution in [-0.4, -0.2) is 47.6 Å². The molecule has 2 atom stereocenters. The number of rotatable bonds is 7. The molecule has 2 fully saturated rings. The van der Waals surface area contributed by atoms with Crippen molar-refractivity contribution >= 4 is 28.2 Å². The van der Waals surface area contributed by atoms with Gasteiger partial charge in [-0.2, -0.15) is 0 Å². The molecule has 2 unspecified atom stereocenters. The fourth-order valence-electron chi connectivity index (χ4n) is 5.02. The third-order valence-electron chi connectivity index (χ3n) is 6.79. The molecule has 2 aliphatic heterocycles. The number of likely N-dealkylation sites (tertiary alicyclic amines) is 1. The van der Waals surface area contributed by atoms with Crippen LogP contribution in [0.5, 0.6) is 5.75 Å². The summed E-state index contributed by atoms with van der Waals surface area (Å²) in [5.41, 5.74) is 1.38. The highest BCUT2D eigenvalue weighted by molar-refractivity contribution is 6.46. The van der Waals surface area contributed by atoms with Gasteiger partial charge < -0.3 is 19.5 Å². The number of hydrogen-bond acceptors (Lipinski definition) is 5. The summed E-state index contributed by atoms with van der Waals surface area (Å²) in [5, 5.41) is 13.3. The number of aliphatic hydroxyl groups is 1. The minimum atomic E-state index is -0.711. The maximum Gasteiger partial charge on any atom is 0.295 e. The van der Waals surface area contributed by atoms with Crippen LogP contribution >= 0.6 is 0 Å². The number of hydrogen-bond donors (Lipinski definition) is 1. The third kappa shape index (κ3) is 4.61. The van der Waals surface area contributed by atoms with Crippen LogP contribution in [0, 0.1) is 5.92 Å². The summed E-state index contributed by atoms with van der Waals surface area (Å²) in [4.78, 5) is 28.3. The SMILES string of the molecule is CC(C)COc1ccc(/C(O)=C2/C(=O)C(=O)N(CC3CCCO3)C2c2cccc3ccccc23)cc1. The van der Waals surface area contributed by atoms with Crippen molar-refractivity contribution in [3.8, 4) is 5.75 Å². The number of benzene rings is 3. The second-order valence-corrected chi connectivity index (χ2v) is 9.88. The van der Waals surface area contributed by atoms with Gasteiger partial charge in [-0.15, -0.1) is 0 Å². The fraction of sp³-hybridized carbons (Fsp3) is 0.333. The molecule has 36 heavy (non-hydrogen) atoms. The first-order valence-corrected chi connectivity index (χ1v) is 12.5. The van der Waals surface area contributed by atoms with E-state index in [2.05, 4.69) is 13.8 Å². The predicted octanol–water partition coefficient (Wildman–Crippen LogP) is 5.48. The molecule has 0 bridgehead atoms. The van der Waals surface area contributed by atoms with Gasteiger partial charge in [-0.25, -0.2) is 0 Å². The zero-order chi connectivity index (χ0) is 25.2. The van der Waals surface area contributed by atoms with Crippen LogP contribution in [0.1, 0.15) is 43.9 Å². The summed E-state index contributed by atoms with van der Waals surface area (Å²) < 4.78 is 11.6. The van der Waals surface area contributed by atoms with Gasteiger partial charge in [0.1, 0.15) is 11.5 Å². The van der Waals surface area contributed by atoms with E-state index in [9.17, 15) is 14.7 Å². The van der Waals surface area contributed by atoms with Gasteiger partial charge in [0.15, 0.2) is 0 Å². The summed E-state index contributed by atoms with van der Waals surface area (Å²) in [6, 6.07) is 20.0. The van der Waals surface area contributed by atoms with Crippen LogP contribution in [0.4, 0.5) is 0 Å². The Morgan fingerprint density at radius 1 is 1.06 bits per heavy atom. The monoisotopic (exact) mass is 485 g/mol. The van der Waals surface area contributed by atoms with Crippen molar-refractivity contribution < 1.29 is 24.2 Å². The van der Waals surface area contributed by atoms with Crippen molar-refractivity contribution in [2.75, 3.05) is 19.8 Å². The summed E-state index contributed by atoms with van der Waals surface area (Å²) in [6.45, 7) is 5.68. The summed E-state index contributed by atoms with van der Waals surface area (Å²) in [7, 11) is 0. The van der Waals surface area contributed by atoms with E-state index >= 15 is 0 Å². The molecule has 0 saturated carbocycles. The lowest BCUT2D eigenvalue weighted by Crippen LogP contribution is -2.36. The van der Waals surface area contributed by atoms with Crippen LogP contribution in [0.2, 0.25) is 0 Å². The number of aliphatic hydroxyl groups excluding tert-OH is 1. The molecule has 3 aromatic rings. The average Bonchev–Trinajstić information content (AvgIpc) is 3.49. The zero-order valence-electron chi connectivity index (χ0n) is 20.6. The van der Waals surface area contributed by atoms with E-state index in [1.165, 1.54) is 0 Å². The molecule has 2 aliphatic rings. The quantitative estimate of drug-likeness (QED) is 0.273. The highest BCUT2D eigenvalue weighted by Gasteiger charge is 2.47. The number of fused-ring (bicyclic) bond motifs is 1. The largest absolute Gasteiger partial charge is 0.507 e. The van der Waals surface area contributed by atoms with Gasteiger partial charge in [-0.05, 0) is 59.4 Å². The number of carbonyl (C=O) groups is 2. The van der Waals surface area contributed by atoms with E-state index in [1.807, 2.05) is 42.5 Å². The number of carbonyl (C=O) groups excluding carboxylic acids is 2. The van der Waals surface area contributed by atoms with Crippen LogP contribution < -0.4 is 4.74 Å². The Morgan fingerprint density at radius 2 is 1.81 bits per heavy atom. The Hall–Kier alpha value is -3.64. The van der Waals surface area contributed by atoms with Crippen molar-refractivity contribution in [1.29, 1.82) is 0 Å². The molecule has 2 heterocycles. The van der Waals surface area contributed by atoms with Crippen molar-refractivity contribution in [3.05, 3.63) is 83.4 Å². The van der Waals surface area contributed by atoms with Gasteiger partial charge in [0.25, 0.3) is 11.7 Å². The van der Waals surface area contributed by atoms with Gasteiger partial charge in [-0.3, -0.25) is 9.59 Å². The molecule has 6 nitrogen and oxygen atoms in total. The molecular weight excluding hydrogens is 454 g/mol. The molecule has 3 aromatic carbocycles. The van der Waals surface area contributed by atoms with E-state index in [4.69, 9.17) is 9.47 Å². The molecule has 1 N–H and O–H groups in total. The molecule has 0 radical (unpaired) electrons. The van der Waals surface area contributed by atoms with E-state index in [1.54, 1.807) is 29.2 Å². The van der Waals surface area contributed by atoms with Crippen molar-refractivity contribution in [2.45, 2.75) is 38.8 Å². The van der Waals surface area contributed by atoms with Crippen LogP contribution in [-0.2, 0) is 14.3 Å². The first-order chi connectivity index (χ1) is 17.4. The summed E-state index contributed by atoms with van der Waals surface area (Å²) in [6.07, 6.45) is 1.64. The standard InChI is InChI=1S/C30H31NO5/c1-19(2)18-36-22-14-12-21(13-15-22)28(32)26-27(25-11-5-8-20-7-3-4-10-24(20)25)31(30(34)29(26)33)17-23-9-6-16-35-23/h3-5,7-8,10-15,19,23,27,32H,6,9,16-18H2,1-2H3/b28-26-. The van der Waals surface area contributed by atoms with E-state index in [-0.39, 0.29) is 17.4 Å². The Morgan fingerprint density at radius 3 is 2.53 bits per heavy atom. The summed E-state index contributed by atoms with van der Waals surface area (Å²) in [5.74, 6) is -0.398. The summed E-state index contributed by atoms with van der Waals surface area (Å²) >= 11 is 0. The highest BCUT2D eigenvalue weighted by Crippen LogP contribution is 2.42. The molecule has 186 valence electrons. The lowest BCUT2D eigenvalue weighted by atomic mass is 9.91. The van der Waals surface area contributed by atoms with Crippen molar-refractivity contribution in [2.24, 2.45) is 5.92 Å². The topological polar surface area (TPSA) is 76.1 Å². The molecule has 2 saturated heterocycles. The highest BCUT2D eigenvalue weighted by atomic mass is 16.5. The Balaban J connectivity index is 1.60. The van der Waals surface area contributed by atoms with Gasteiger partial charge in [0.2, 0.25) is 0 Å². The minimum absolute atomic E-state index is 0.102. The number of amides is 1. The number of Topliss-reactive ketones (excluding diaryl/α,β-unsaturated/α-hetero) is 1. The normalized spacial score (nSPS) is 21.6. The van der Waals surface area contributed by atoms with Crippen molar-refractivity contribution in [3.63, 3.8) is 0 Å². The maximum absolute atomic E-state index is 13.4.